The van der Waals surface area contributed by atoms with E-state index in [0.717, 1.165) is 31.7 Å². The second kappa shape index (κ2) is 4.77. The van der Waals surface area contributed by atoms with Crippen molar-refractivity contribution in [2.45, 2.75) is 18.9 Å². The van der Waals surface area contributed by atoms with Crippen LogP contribution in [0.4, 0.5) is 0 Å². The number of rotatable bonds is 2. The maximum Gasteiger partial charge on any atom is 0.119 e. The highest BCUT2D eigenvalue weighted by Gasteiger charge is 2.13. The van der Waals surface area contributed by atoms with Crippen LogP contribution in [0, 0.1) is 0 Å². The number of piperidine rings is 1. The Kier molecular flexibility index (Phi) is 3.39. The second-order valence-corrected chi connectivity index (χ2v) is 4.30. The second-order valence-electron chi connectivity index (χ2n) is 3.64. The van der Waals surface area contributed by atoms with E-state index < -0.39 is 0 Å². The van der Waals surface area contributed by atoms with E-state index in [0.29, 0.717) is 6.10 Å². The summed E-state index contributed by atoms with van der Waals surface area (Å²) in [6, 6.07) is 8.18. The number of ether oxygens (including phenoxy) is 1. The normalized spacial score (nSPS) is 18.1. The molecule has 0 radical (unpaired) electrons. The van der Waals surface area contributed by atoms with E-state index in [1.54, 1.807) is 0 Å². The summed E-state index contributed by atoms with van der Waals surface area (Å²) in [6.45, 7) is 2.15. The Morgan fingerprint density at radius 3 is 2.43 bits per heavy atom. The van der Waals surface area contributed by atoms with Crippen molar-refractivity contribution in [1.29, 1.82) is 0 Å². The summed E-state index contributed by atoms with van der Waals surface area (Å²) in [6.07, 6.45) is 2.62. The van der Waals surface area contributed by atoms with Crippen molar-refractivity contribution in [1.82, 2.24) is 5.32 Å². The molecule has 76 valence electrons. The standard InChI is InChI=1S/C11H16NOP/c14-11-3-1-9(2-4-11)13-10-5-7-12-8-6-10/h1-4,10,12H,5-8,14H2. The van der Waals surface area contributed by atoms with Crippen LogP contribution in [-0.2, 0) is 0 Å². The van der Waals surface area contributed by atoms with Gasteiger partial charge in [0.15, 0.2) is 0 Å². The summed E-state index contributed by atoms with van der Waals surface area (Å²) >= 11 is 0. The average molecular weight is 209 g/mol. The quantitative estimate of drug-likeness (QED) is 0.742. The lowest BCUT2D eigenvalue weighted by atomic mass is 10.1. The SMILES string of the molecule is Pc1ccc(OC2CCNCC2)cc1. The van der Waals surface area contributed by atoms with Crippen molar-refractivity contribution in [3.63, 3.8) is 0 Å². The van der Waals surface area contributed by atoms with E-state index in [-0.39, 0.29) is 0 Å². The predicted molar refractivity (Wildman–Crippen MR) is 62.3 cm³/mol. The molecule has 1 aliphatic rings. The highest BCUT2D eigenvalue weighted by atomic mass is 31.0. The Labute approximate surface area is 87.2 Å². The highest BCUT2D eigenvalue weighted by Crippen LogP contribution is 2.15. The topological polar surface area (TPSA) is 21.3 Å². The molecule has 1 aromatic rings. The van der Waals surface area contributed by atoms with Crippen molar-refractivity contribution in [3.8, 4) is 5.75 Å². The van der Waals surface area contributed by atoms with Gasteiger partial charge in [-0.15, -0.1) is 9.24 Å². The third-order valence-electron chi connectivity index (χ3n) is 2.47. The summed E-state index contributed by atoms with van der Waals surface area (Å²) in [5, 5.41) is 4.52. The Hall–Kier alpha value is -0.590. The van der Waals surface area contributed by atoms with Crippen LogP contribution in [-0.4, -0.2) is 19.2 Å². The molecule has 1 heterocycles. The molecular weight excluding hydrogens is 193 g/mol. The van der Waals surface area contributed by atoms with E-state index in [9.17, 15) is 0 Å². The lowest BCUT2D eigenvalue weighted by Crippen LogP contribution is -2.34. The first-order chi connectivity index (χ1) is 6.84. The average Bonchev–Trinajstić information content (AvgIpc) is 2.23. The summed E-state index contributed by atoms with van der Waals surface area (Å²) in [5.74, 6) is 0.989. The van der Waals surface area contributed by atoms with E-state index in [2.05, 4.69) is 26.7 Å². The van der Waals surface area contributed by atoms with E-state index >= 15 is 0 Å². The third-order valence-corrected chi connectivity index (χ3v) is 2.85. The van der Waals surface area contributed by atoms with Crippen molar-refractivity contribution in [3.05, 3.63) is 24.3 Å². The molecule has 1 aliphatic heterocycles. The zero-order valence-corrected chi connectivity index (χ0v) is 9.36. The number of hydrogen-bond donors (Lipinski definition) is 1. The molecule has 0 amide bonds. The minimum absolute atomic E-state index is 0.395. The minimum Gasteiger partial charge on any atom is -0.490 e. The first-order valence-corrected chi connectivity index (χ1v) is 5.65. The summed E-state index contributed by atoms with van der Waals surface area (Å²) in [4.78, 5) is 0. The Morgan fingerprint density at radius 2 is 1.79 bits per heavy atom. The number of benzene rings is 1. The van der Waals surface area contributed by atoms with Crippen LogP contribution in [0.25, 0.3) is 0 Å². The fraction of sp³-hybridized carbons (Fsp3) is 0.455. The van der Waals surface area contributed by atoms with Crippen molar-refractivity contribution < 1.29 is 4.74 Å². The summed E-state index contributed by atoms with van der Waals surface area (Å²) in [5.41, 5.74) is 0. The maximum absolute atomic E-state index is 5.86. The molecule has 0 saturated carbocycles. The summed E-state index contributed by atoms with van der Waals surface area (Å²) in [7, 11) is 2.68. The molecule has 2 rings (SSSR count). The molecule has 1 fully saturated rings. The van der Waals surface area contributed by atoms with Crippen LogP contribution in [0.2, 0.25) is 0 Å². The zero-order chi connectivity index (χ0) is 9.80. The molecule has 1 aromatic carbocycles. The molecule has 1 saturated heterocycles. The maximum atomic E-state index is 5.86. The largest absolute Gasteiger partial charge is 0.490 e. The van der Waals surface area contributed by atoms with Gasteiger partial charge in [0, 0.05) is 0 Å². The third kappa shape index (κ3) is 2.70. The van der Waals surface area contributed by atoms with Gasteiger partial charge in [0.25, 0.3) is 0 Å². The lowest BCUT2D eigenvalue weighted by Gasteiger charge is -2.23. The fourth-order valence-electron chi connectivity index (χ4n) is 1.65. The van der Waals surface area contributed by atoms with Crippen LogP contribution < -0.4 is 15.4 Å². The van der Waals surface area contributed by atoms with Crippen LogP contribution in [0.3, 0.4) is 0 Å². The van der Waals surface area contributed by atoms with Crippen LogP contribution in [0.1, 0.15) is 12.8 Å². The Morgan fingerprint density at radius 1 is 1.14 bits per heavy atom. The van der Waals surface area contributed by atoms with Gasteiger partial charge in [-0.2, -0.15) is 0 Å². The number of hydrogen-bond acceptors (Lipinski definition) is 2. The molecule has 0 aliphatic carbocycles. The molecule has 1 atom stereocenters. The summed E-state index contributed by atoms with van der Waals surface area (Å²) < 4.78 is 5.86. The molecular formula is C11H16NOP. The number of nitrogens with one attached hydrogen (secondary N) is 1. The minimum atomic E-state index is 0.395. The van der Waals surface area contributed by atoms with Gasteiger partial charge < -0.3 is 10.1 Å². The first-order valence-electron chi connectivity index (χ1n) is 5.07. The van der Waals surface area contributed by atoms with Gasteiger partial charge in [0.05, 0.1) is 0 Å². The van der Waals surface area contributed by atoms with Crippen molar-refractivity contribution >= 4 is 14.5 Å². The fourth-order valence-corrected chi connectivity index (χ4v) is 1.84. The van der Waals surface area contributed by atoms with Gasteiger partial charge in [-0.25, -0.2) is 0 Å². The van der Waals surface area contributed by atoms with E-state index in [1.807, 2.05) is 12.1 Å². The van der Waals surface area contributed by atoms with Gasteiger partial charge in [-0.3, -0.25) is 0 Å². The molecule has 0 bridgehead atoms. The van der Waals surface area contributed by atoms with Crippen molar-refractivity contribution in [2.75, 3.05) is 13.1 Å². The van der Waals surface area contributed by atoms with Gasteiger partial charge in [0.1, 0.15) is 11.9 Å². The molecule has 0 spiro atoms. The zero-order valence-electron chi connectivity index (χ0n) is 8.20. The van der Waals surface area contributed by atoms with Gasteiger partial charge >= 0.3 is 0 Å². The molecule has 14 heavy (non-hydrogen) atoms. The van der Waals surface area contributed by atoms with Gasteiger partial charge in [-0.05, 0) is 43.4 Å². The van der Waals surface area contributed by atoms with Crippen molar-refractivity contribution in [2.24, 2.45) is 0 Å². The predicted octanol–water partition coefficient (Wildman–Crippen LogP) is 1.32. The van der Waals surface area contributed by atoms with E-state index in [4.69, 9.17) is 4.74 Å². The molecule has 1 N–H and O–H groups in total. The molecule has 0 aromatic heterocycles. The van der Waals surface area contributed by atoms with E-state index in [1.165, 1.54) is 5.30 Å². The smallest absolute Gasteiger partial charge is 0.119 e. The Balaban J connectivity index is 1.92. The monoisotopic (exact) mass is 209 g/mol. The molecule has 2 nitrogen and oxygen atoms in total. The molecule has 3 heteroatoms. The van der Waals surface area contributed by atoms with Crippen LogP contribution >= 0.6 is 9.24 Å². The molecule has 1 unspecified atom stereocenters. The highest BCUT2D eigenvalue weighted by molar-refractivity contribution is 7.27. The van der Waals surface area contributed by atoms with Crippen LogP contribution in [0.15, 0.2) is 24.3 Å². The Bertz CT molecular complexity index is 280. The lowest BCUT2D eigenvalue weighted by molar-refractivity contribution is 0.162. The first kappa shape index (κ1) is 9.95. The van der Waals surface area contributed by atoms with Crippen LogP contribution in [0.5, 0.6) is 5.75 Å². The van der Waals surface area contributed by atoms with Gasteiger partial charge in [0.2, 0.25) is 0 Å². The van der Waals surface area contributed by atoms with Gasteiger partial charge in [-0.1, -0.05) is 12.1 Å².